The first kappa shape index (κ1) is 40.2. The maximum atomic E-state index is 13.0. The number of unbranched alkanes of at least 4 members (excludes halogenated alkanes) is 3. The molecular formula is C46H51N3O6S. The Bertz CT molecular complexity index is 2040. The number of aromatic nitrogens is 1. The van der Waals surface area contributed by atoms with E-state index in [1.54, 1.807) is 23.5 Å². The summed E-state index contributed by atoms with van der Waals surface area (Å²) >= 11 is 1.62. The minimum atomic E-state index is -0.381. The molecule has 0 bridgehead atoms. The van der Waals surface area contributed by atoms with E-state index in [0.717, 1.165) is 101 Å². The van der Waals surface area contributed by atoms with E-state index in [-0.39, 0.29) is 17.9 Å². The Kier molecular flexibility index (Phi) is 14.7. The Morgan fingerprint density at radius 1 is 0.821 bits per heavy atom. The van der Waals surface area contributed by atoms with Crippen molar-refractivity contribution in [2.45, 2.75) is 71.6 Å². The second-order valence-electron chi connectivity index (χ2n) is 14.3. The molecule has 1 aliphatic rings. The van der Waals surface area contributed by atoms with Crippen molar-refractivity contribution in [3.63, 3.8) is 0 Å². The lowest BCUT2D eigenvalue weighted by Crippen LogP contribution is -2.26. The number of benzene rings is 4. The third-order valence-corrected chi connectivity index (χ3v) is 11.1. The van der Waals surface area contributed by atoms with Crippen molar-refractivity contribution in [1.82, 2.24) is 4.98 Å². The Hall–Kier alpha value is -5.48. The summed E-state index contributed by atoms with van der Waals surface area (Å²) in [6.07, 6.45) is 11.3. The third kappa shape index (κ3) is 11.8. The van der Waals surface area contributed by atoms with Gasteiger partial charge < -0.3 is 18.9 Å². The molecule has 6 rings (SSSR count). The van der Waals surface area contributed by atoms with Crippen molar-refractivity contribution in [3.05, 3.63) is 120 Å². The van der Waals surface area contributed by atoms with Crippen molar-refractivity contribution in [1.29, 1.82) is 0 Å². The quantitative estimate of drug-likeness (QED) is 0.0204. The van der Waals surface area contributed by atoms with Gasteiger partial charge in [0.2, 0.25) is 5.13 Å². The molecule has 9 nitrogen and oxygen atoms in total. The van der Waals surface area contributed by atoms with Crippen molar-refractivity contribution in [2.24, 2.45) is 16.9 Å². The van der Waals surface area contributed by atoms with Gasteiger partial charge in [0.15, 0.2) is 0 Å². The first-order valence-electron chi connectivity index (χ1n) is 19.6. The van der Waals surface area contributed by atoms with Crippen LogP contribution in [0.15, 0.2) is 109 Å². The van der Waals surface area contributed by atoms with Crippen LogP contribution in [0.5, 0.6) is 17.2 Å². The topological polar surface area (TPSA) is 99.5 Å². The number of ether oxygens (including phenoxy) is 4. The van der Waals surface area contributed by atoms with Crippen LogP contribution in [0.3, 0.4) is 0 Å². The number of hydrogen-bond acceptors (Lipinski definition) is 10. The highest BCUT2D eigenvalue weighted by Crippen LogP contribution is 2.35. The predicted molar refractivity (Wildman–Crippen MR) is 224 cm³/mol. The largest absolute Gasteiger partial charge is 0.494 e. The van der Waals surface area contributed by atoms with E-state index in [0.29, 0.717) is 31.5 Å². The molecule has 0 unspecified atom stereocenters. The first-order valence-corrected chi connectivity index (χ1v) is 20.4. The number of rotatable bonds is 19. The number of thiazole rings is 1. The number of aryl methyl sites for hydroxylation is 2. The molecule has 0 N–H and O–H groups in total. The SMILES string of the molecule is C=CC(=O)OCCCCCCOc1ccc(OC(=O)C2CCC(CCOc3ccc(C)c(/C=N/N(c4ccc(C)cc4)c4nc5ccccc5s4)c3)CC2)cc1. The molecule has 56 heavy (non-hydrogen) atoms. The minimum absolute atomic E-state index is 0.0930. The lowest BCUT2D eigenvalue weighted by molar-refractivity contribution is -0.140. The zero-order valence-corrected chi connectivity index (χ0v) is 33.2. The summed E-state index contributed by atoms with van der Waals surface area (Å²) in [4.78, 5) is 28.9. The molecule has 0 atom stereocenters. The number of esters is 2. The molecule has 4 aromatic carbocycles. The molecule has 1 aliphatic carbocycles. The van der Waals surface area contributed by atoms with E-state index in [9.17, 15) is 9.59 Å². The van der Waals surface area contributed by atoms with Crippen LogP contribution >= 0.6 is 11.3 Å². The van der Waals surface area contributed by atoms with E-state index >= 15 is 0 Å². The van der Waals surface area contributed by atoms with Crippen LogP contribution in [-0.4, -0.2) is 43.0 Å². The number of anilines is 2. The van der Waals surface area contributed by atoms with Gasteiger partial charge in [-0.2, -0.15) is 5.10 Å². The number of carbonyl (C=O) groups excluding carboxylic acids is 2. The van der Waals surface area contributed by atoms with Gasteiger partial charge in [-0.05, 0) is 144 Å². The number of hydrogen-bond donors (Lipinski definition) is 0. The van der Waals surface area contributed by atoms with Gasteiger partial charge in [0.25, 0.3) is 0 Å². The fourth-order valence-corrected chi connectivity index (χ4v) is 7.59. The average molecular weight is 774 g/mol. The summed E-state index contributed by atoms with van der Waals surface area (Å²) < 4.78 is 23.9. The molecule has 0 radical (unpaired) electrons. The number of fused-ring (bicyclic) bond motifs is 1. The van der Waals surface area contributed by atoms with Crippen LogP contribution in [0.25, 0.3) is 10.2 Å². The number of hydrazone groups is 1. The van der Waals surface area contributed by atoms with Crippen LogP contribution in [-0.2, 0) is 14.3 Å². The van der Waals surface area contributed by atoms with E-state index in [1.807, 2.05) is 53.7 Å². The molecule has 1 heterocycles. The van der Waals surface area contributed by atoms with Gasteiger partial charge in [-0.25, -0.2) is 14.8 Å². The van der Waals surface area contributed by atoms with E-state index in [2.05, 4.69) is 56.8 Å². The fourth-order valence-electron chi connectivity index (χ4n) is 6.64. The summed E-state index contributed by atoms with van der Waals surface area (Å²) in [5.74, 6) is 1.96. The van der Waals surface area contributed by atoms with Gasteiger partial charge in [0.05, 0.1) is 47.9 Å². The number of para-hydroxylation sites is 1. The summed E-state index contributed by atoms with van der Waals surface area (Å²) in [5.41, 5.74) is 5.17. The van der Waals surface area contributed by atoms with Crippen molar-refractivity contribution in [2.75, 3.05) is 24.8 Å². The molecule has 1 saturated carbocycles. The van der Waals surface area contributed by atoms with Crippen LogP contribution in [0, 0.1) is 25.7 Å². The molecule has 0 amide bonds. The second-order valence-corrected chi connectivity index (χ2v) is 15.3. The fraction of sp³-hybridized carbons (Fsp3) is 0.348. The summed E-state index contributed by atoms with van der Waals surface area (Å²) in [7, 11) is 0. The molecule has 1 aromatic heterocycles. The highest BCUT2D eigenvalue weighted by atomic mass is 32.1. The van der Waals surface area contributed by atoms with Crippen LogP contribution in [0.1, 0.15) is 74.5 Å². The van der Waals surface area contributed by atoms with Crippen molar-refractivity contribution < 1.29 is 28.5 Å². The average Bonchev–Trinajstić information content (AvgIpc) is 3.65. The Morgan fingerprint density at radius 2 is 1.52 bits per heavy atom. The standard InChI is InChI=1S/C46H51N3O6S/c1-4-44(50)54-29-10-6-5-9-28-52-39-23-25-40(26-24-39)55-45(51)36-18-16-35(17-19-36)27-30-53-41-22-15-34(3)37(31-41)32-47-49(38-20-13-33(2)14-21-38)46-48-42-11-7-8-12-43(42)56-46/h4,7-8,11-15,20-26,31-32,35-36H,1,5-6,9-10,16-19,27-30H2,2-3H3/b47-32+. The zero-order valence-electron chi connectivity index (χ0n) is 32.4. The van der Waals surface area contributed by atoms with Crippen LogP contribution < -0.4 is 19.2 Å². The van der Waals surface area contributed by atoms with E-state index in [1.165, 1.54) is 11.6 Å². The summed E-state index contributed by atoms with van der Waals surface area (Å²) in [5, 5.41) is 7.65. The Labute approximate surface area is 334 Å². The van der Waals surface area contributed by atoms with E-state index < -0.39 is 0 Å². The monoisotopic (exact) mass is 773 g/mol. The molecule has 292 valence electrons. The predicted octanol–water partition coefficient (Wildman–Crippen LogP) is 10.9. The highest BCUT2D eigenvalue weighted by molar-refractivity contribution is 7.22. The molecule has 0 saturated heterocycles. The minimum Gasteiger partial charge on any atom is -0.494 e. The van der Waals surface area contributed by atoms with Gasteiger partial charge in [0, 0.05) is 11.6 Å². The maximum absolute atomic E-state index is 13.0. The number of carbonyl (C=O) groups is 2. The van der Waals surface area contributed by atoms with Gasteiger partial charge >= 0.3 is 11.9 Å². The zero-order chi connectivity index (χ0) is 39.1. The molecule has 0 aliphatic heterocycles. The second kappa shape index (κ2) is 20.4. The Balaban J connectivity index is 0.919. The summed E-state index contributed by atoms with van der Waals surface area (Å²) in [6, 6.07) is 29.8. The Morgan fingerprint density at radius 3 is 2.27 bits per heavy atom. The van der Waals surface area contributed by atoms with E-state index in [4.69, 9.17) is 29.0 Å². The normalized spacial score (nSPS) is 15.4. The molecule has 5 aromatic rings. The molecular weight excluding hydrogens is 723 g/mol. The molecule has 0 spiro atoms. The smallest absolute Gasteiger partial charge is 0.330 e. The van der Waals surface area contributed by atoms with Gasteiger partial charge in [-0.3, -0.25) is 4.79 Å². The van der Waals surface area contributed by atoms with Crippen molar-refractivity contribution >= 4 is 50.5 Å². The highest BCUT2D eigenvalue weighted by Gasteiger charge is 2.28. The van der Waals surface area contributed by atoms with Crippen LogP contribution in [0.2, 0.25) is 0 Å². The summed E-state index contributed by atoms with van der Waals surface area (Å²) in [6.45, 7) is 9.17. The van der Waals surface area contributed by atoms with Crippen molar-refractivity contribution in [3.8, 4) is 17.2 Å². The van der Waals surface area contributed by atoms with Gasteiger partial charge in [-0.1, -0.05) is 53.8 Å². The maximum Gasteiger partial charge on any atom is 0.330 e. The third-order valence-electron chi connectivity index (χ3n) is 10.0. The molecule has 1 fully saturated rings. The molecule has 10 heteroatoms. The van der Waals surface area contributed by atoms with Gasteiger partial charge in [0.1, 0.15) is 17.2 Å². The van der Waals surface area contributed by atoms with Gasteiger partial charge in [-0.15, -0.1) is 0 Å². The number of nitrogens with zero attached hydrogens (tertiary/aromatic N) is 3. The lowest BCUT2D eigenvalue weighted by atomic mass is 9.81. The van der Waals surface area contributed by atoms with Crippen LogP contribution in [0.4, 0.5) is 10.8 Å². The first-order chi connectivity index (χ1) is 27.3. The lowest BCUT2D eigenvalue weighted by Gasteiger charge is -2.27.